The van der Waals surface area contributed by atoms with Crippen molar-refractivity contribution in [2.75, 3.05) is 26.0 Å². The van der Waals surface area contributed by atoms with Crippen LogP contribution in [0, 0.1) is 0 Å². The van der Waals surface area contributed by atoms with Crippen molar-refractivity contribution >= 4 is 39.1 Å². The van der Waals surface area contributed by atoms with Crippen LogP contribution in [0.5, 0.6) is 0 Å². The molecule has 1 rings (SSSR count). The van der Waals surface area contributed by atoms with Gasteiger partial charge in [-0.25, -0.2) is 4.98 Å². The Morgan fingerprint density at radius 1 is 1.67 bits per heavy atom. The number of carbonyl (C=O) groups is 1. The lowest BCUT2D eigenvalue weighted by molar-refractivity contribution is -0.116. The molecule has 82 valence electrons. The summed E-state index contributed by atoms with van der Waals surface area (Å²) in [5, 5.41) is 2.96. The Balaban J connectivity index is 2.71. The average molecular weight is 293 g/mol. The highest BCUT2D eigenvalue weighted by atomic mass is 79.9. The van der Waals surface area contributed by atoms with E-state index < -0.39 is 0 Å². The van der Waals surface area contributed by atoms with Crippen LogP contribution in [0.4, 0.5) is 5.69 Å². The van der Waals surface area contributed by atoms with Gasteiger partial charge in [0.15, 0.2) is 5.15 Å². The molecule has 15 heavy (non-hydrogen) atoms. The van der Waals surface area contributed by atoms with E-state index in [9.17, 15) is 4.79 Å². The van der Waals surface area contributed by atoms with Gasteiger partial charge in [0.25, 0.3) is 0 Å². The Labute approximate surface area is 102 Å². The van der Waals surface area contributed by atoms with Crippen LogP contribution in [0.15, 0.2) is 16.7 Å². The number of amides is 1. The molecule has 0 atom stereocenters. The molecule has 0 aliphatic carbocycles. The lowest BCUT2D eigenvalue weighted by Gasteiger charge is -2.10. The van der Waals surface area contributed by atoms with Crippen LogP contribution in [-0.4, -0.2) is 36.4 Å². The second kappa shape index (κ2) is 5.44. The molecule has 1 heterocycles. The quantitative estimate of drug-likeness (QED) is 0.867. The molecule has 0 fully saturated rings. The first-order valence-corrected chi connectivity index (χ1v) is 5.42. The Bertz CT molecular complexity index is 370. The van der Waals surface area contributed by atoms with Crippen LogP contribution in [-0.2, 0) is 4.79 Å². The van der Waals surface area contributed by atoms with Gasteiger partial charge in [0.2, 0.25) is 5.91 Å². The summed E-state index contributed by atoms with van der Waals surface area (Å²) in [5.74, 6) is -0.123. The van der Waals surface area contributed by atoms with Crippen molar-refractivity contribution in [2.24, 2.45) is 0 Å². The molecule has 0 unspecified atom stereocenters. The van der Waals surface area contributed by atoms with E-state index in [0.717, 1.165) is 4.47 Å². The van der Waals surface area contributed by atoms with Gasteiger partial charge in [0, 0.05) is 10.7 Å². The molecule has 0 radical (unpaired) electrons. The van der Waals surface area contributed by atoms with Gasteiger partial charge in [-0.1, -0.05) is 11.6 Å². The van der Waals surface area contributed by atoms with E-state index in [1.807, 2.05) is 14.1 Å². The molecule has 0 spiro atoms. The lowest BCUT2D eigenvalue weighted by atomic mass is 10.4. The fourth-order valence-electron chi connectivity index (χ4n) is 0.987. The summed E-state index contributed by atoms with van der Waals surface area (Å²) in [6.45, 7) is 0.308. The predicted molar refractivity (Wildman–Crippen MR) is 64.1 cm³/mol. The van der Waals surface area contributed by atoms with Gasteiger partial charge in [0.1, 0.15) is 0 Å². The number of hydrogen-bond donors (Lipinski definition) is 1. The first kappa shape index (κ1) is 12.4. The van der Waals surface area contributed by atoms with Crippen LogP contribution in [0.3, 0.4) is 0 Å². The SMILES string of the molecule is CN(C)CC(=O)Nc1cc(Br)cnc1Cl. The van der Waals surface area contributed by atoms with E-state index in [0.29, 0.717) is 12.2 Å². The van der Waals surface area contributed by atoms with Crippen molar-refractivity contribution < 1.29 is 4.79 Å². The van der Waals surface area contributed by atoms with Crippen LogP contribution < -0.4 is 5.32 Å². The van der Waals surface area contributed by atoms with Gasteiger partial charge in [-0.15, -0.1) is 0 Å². The van der Waals surface area contributed by atoms with E-state index in [1.165, 1.54) is 0 Å². The van der Waals surface area contributed by atoms with Crippen molar-refractivity contribution in [1.29, 1.82) is 0 Å². The van der Waals surface area contributed by atoms with Crippen molar-refractivity contribution in [3.8, 4) is 0 Å². The first-order valence-electron chi connectivity index (χ1n) is 4.24. The Kier molecular flexibility index (Phi) is 4.50. The van der Waals surface area contributed by atoms with Crippen molar-refractivity contribution in [2.45, 2.75) is 0 Å². The maximum atomic E-state index is 11.4. The standard InChI is InChI=1S/C9H11BrClN3O/c1-14(2)5-8(15)13-7-3-6(10)4-12-9(7)11/h3-4H,5H2,1-2H3,(H,13,15). The predicted octanol–water partition coefficient (Wildman–Crippen LogP) is 2.00. The van der Waals surface area contributed by atoms with Gasteiger partial charge in [0.05, 0.1) is 12.2 Å². The summed E-state index contributed by atoms with van der Waals surface area (Å²) in [6.07, 6.45) is 1.57. The van der Waals surface area contributed by atoms with Gasteiger partial charge >= 0.3 is 0 Å². The fraction of sp³-hybridized carbons (Fsp3) is 0.333. The summed E-state index contributed by atoms with van der Waals surface area (Å²) in [5.41, 5.74) is 0.512. The zero-order chi connectivity index (χ0) is 11.4. The minimum atomic E-state index is -0.123. The smallest absolute Gasteiger partial charge is 0.238 e. The topological polar surface area (TPSA) is 45.2 Å². The molecule has 0 aromatic carbocycles. The fourth-order valence-corrected chi connectivity index (χ4v) is 1.47. The third-order valence-corrected chi connectivity index (χ3v) is 2.27. The van der Waals surface area contributed by atoms with Gasteiger partial charge in [-0.05, 0) is 36.1 Å². The molecule has 1 aromatic rings. The van der Waals surface area contributed by atoms with Crippen molar-refractivity contribution in [1.82, 2.24) is 9.88 Å². The van der Waals surface area contributed by atoms with Crippen molar-refractivity contribution in [3.05, 3.63) is 21.9 Å². The average Bonchev–Trinajstić information content (AvgIpc) is 2.10. The summed E-state index contributed by atoms with van der Waals surface area (Å²) in [4.78, 5) is 17.1. The molecule has 0 aliphatic heterocycles. The number of anilines is 1. The normalized spacial score (nSPS) is 10.5. The van der Waals surface area contributed by atoms with Crippen LogP contribution in [0.2, 0.25) is 5.15 Å². The third kappa shape index (κ3) is 4.15. The number of rotatable bonds is 3. The first-order chi connectivity index (χ1) is 6.99. The van der Waals surface area contributed by atoms with E-state index in [2.05, 4.69) is 26.2 Å². The molecule has 1 amide bonds. The Morgan fingerprint density at radius 3 is 2.93 bits per heavy atom. The number of halogens is 2. The number of carbonyl (C=O) groups excluding carboxylic acids is 1. The summed E-state index contributed by atoms with van der Waals surface area (Å²) in [6, 6.07) is 1.71. The van der Waals surface area contributed by atoms with Crippen LogP contribution in [0.25, 0.3) is 0 Å². The minimum absolute atomic E-state index is 0.123. The number of likely N-dealkylation sites (N-methyl/N-ethyl adjacent to an activating group) is 1. The molecule has 0 aliphatic rings. The maximum absolute atomic E-state index is 11.4. The molecule has 6 heteroatoms. The molecular weight excluding hydrogens is 281 g/mol. The summed E-state index contributed by atoms with van der Waals surface area (Å²) >= 11 is 9.07. The molecule has 1 N–H and O–H groups in total. The second-order valence-electron chi connectivity index (χ2n) is 3.28. The highest BCUT2D eigenvalue weighted by Gasteiger charge is 2.07. The largest absolute Gasteiger partial charge is 0.322 e. The molecule has 4 nitrogen and oxygen atoms in total. The zero-order valence-electron chi connectivity index (χ0n) is 8.42. The summed E-state index contributed by atoms with van der Waals surface area (Å²) < 4.78 is 0.770. The Morgan fingerprint density at radius 2 is 2.33 bits per heavy atom. The van der Waals surface area contributed by atoms with Gasteiger partial charge in [-0.2, -0.15) is 0 Å². The number of aromatic nitrogens is 1. The van der Waals surface area contributed by atoms with E-state index in [1.54, 1.807) is 17.2 Å². The van der Waals surface area contributed by atoms with E-state index >= 15 is 0 Å². The lowest BCUT2D eigenvalue weighted by Crippen LogP contribution is -2.27. The van der Waals surface area contributed by atoms with Crippen LogP contribution >= 0.6 is 27.5 Å². The molecule has 1 aromatic heterocycles. The monoisotopic (exact) mass is 291 g/mol. The zero-order valence-corrected chi connectivity index (χ0v) is 10.8. The highest BCUT2D eigenvalue weighted by Crippen LogP contribution is 2.22. The molecule has 0 saturated heterocycles. The third-order valence-electron chi connectivity index (χ3n) is 1.54. The number of hydrogen-bond acceptors (Lipinski definition) is 3. The maximum Gasteiger partial charge on any atom is 0.238 e. The van der Waals surface area contributed by atoms with E-state index in [-0.39, 0.29) is 11.1 Å². The second-order valence-corrected chi connectivity index (χ2v) is 4.55. The molecular formula is C9H11BrClN3O. The number of nitrogens with one attached hydrogen (secondary N) is 1. The van der Waals surface area contributed by atoms with Crippen molar-refractivity contribution in [3.63, 3.8) is 0 Å². The molecule has 0 saturated carbocycles. The van der Waals surface area contributed by atoms with Gasteiger partial charge in [-0.3, -0.25) is 4.79 Å². The number of pyridine rings is 1. The van der Waals surface area contributed by atoms with E-state index in [4.69, 9.17) is 11.6 Å². The van der Waals surface area contributed by atoms with Crippen LogP contribution in [0.1, 0.15) is 0 Å². The van der Waals surface area contributed by atoms with Gasteiger partial charge < -0.3 is 10.2 Å². The highest BCUT2D eigenvalue weighted by molar-refractivity contribution is 9.10. The minimum Gasteiger partial charge on any atom is -0.322 e. The summed E-state index contributed by atoms with van der Waals surface area (Å²) in [7, 11) is 3.64. The number of nitrogens with zero attached hydrogens (tertiary/aromatic N) is 2. The molecule has 0 bridgehead atoms. The Hall–Kier alpha value is -0.650.